The van der Waals surface area contributed by atoms with Gasteiger partial charge in [0, 0.05) is 45.3 Å². The fourth-order valence-electron chi connectivity index (χ4n) is 2.24. The maximum absolute atomic E-state index is 11.9. The first-order chi connectivity index (χ1) is 10.6. The number of aliphatic carboxylic acids is 1. The van der Waals surface area contributed by atoms with Crippen LogP contribution in [0.25, 0.3) is 0 Å². The van der Waals surface area contributed by atoms with Gasteiger partial charge in [0.25, 0.3) is 0 Å². The number of carboxylic acids is 1. The highest BCUT2D eigenvalue weighted by Gasteiger charge is 2.21. The summed E-state index contributed by atoms with van der Waals surface area (Å²) >= 11 is 5.82. The van der Waals surface area contributed by atoms with Gasteiger partial charge in [-0.3, -0.25) is 4.79 Å². The van der Waals surface area contributed by atoms with Gasteiger partial charge in [-0.15, -0.1) is 0 Å². The Hall–Kier alpha value is -2.02. The normalized spacial score (nSPS) is 14.8. The molecule has 8 heteroatoms. The summed E-state index contributed by atoms with van der Waals surface area (Å²) in [4.78, 5) is 30.4. The number of carboxylic acid groups (broad SMARTS) is 1. The van der Waals surface area contributed by atoms with Gasteiger partial charge >= 0.3 is 12.0 Å². The van der Waals surface area contributed by atoms with Gasteiger partial charge in [-0.05, 0) is 18.6 Å². The fourth-order valence-corrected chi connectivity index (χ4v) is 2.35. The molecule has 120 valence electrons. The molecule has 22 heavy (non-hydrogen) atoms. The molecule has 0 spiro atoms. The van der Waals surface area contributed by atoms with E-state index < -0.39 is 5.97 Å². The lowest BCUT2D eigenvalue weighted by Gasteiger charge is -2.35. The van der Waals surface area contributed by atoms with Crippen molar-refractivity contribution in [2.75, 3.05) is 37.6 Å². The highest BCUT2D eigenvalue weighted by Crippen LogP contribution is 2.16. The van der Waals surface area contributed by atoms with Gasteiger partial charge < -0.3 is 20.2 Å². The Balaban J connectivity index is 1.73. The minimum Gasteiger partial charge on any atom is -0.481 e. The largest absolute Gasteiger partial charge is 0.481 e. The Kier molecular flexibility index (Phi) is 5.83. The number of pyridine rings is 1. The summed E-state index contributed by atoms with van der Waals surface area (Å²) in [6.45, 7) is 3.00. The number of nitrogens with zero attached hydrogens (tertiary/aromatic N) is 3. The Bertz CT molecular complexity index is 515. The van der Waals surface area contributed by atoms with Crippen molar-refractivity contribution in [1.29, 1.82) is 0 Å². The summed E-state index contributed by atoms with van der Waals surface area (Å²) in [5.74, 6) is 0.00393. The van der Waals surface area contributed by atoms with Crippen LogP contribution in [0.5, 0.6) is 0 Å². The number of halogens is 1. The molecule has 1 aromatic heterocycles. The van der Waals surface area contributed by atoms with Gasteiger partial charge in [0.1, 0.15) is 5.82 Å². The topological polar surface area (TPSA) is 85.8 Å². The van der Waals surface area contributed by atoms with Crippen LogP contribution in [0.1, 0.15) is 12.8 Å². The van der Waals surface area contributed by atoms with E-state index in [1.54, 1.807) is 17.2 Å². The zero-order valence-electron chi connectivity index (χ0n) is 12.2. The number of rotatable bonds is 5. The highest BCUT2D eigenvalue weighted by molar-refractivity contribution is 6.30. The maximum Gasteiger partial charge on any atom is 0.317 e. The molecule has 1 aliphatic rings. The van der Waals surface area contributed by atoms with Gasteiger partial charge in [-0.1, -0.05) is 11.6 Å². The van der Waals surface area contributed by atoms with Crippen LogP contribution in [0.15, 0.2) is 18.3 Å². The number of hydrogen-bond acceptors (Lipinski definition) is 4. The monoisotopic (exact) mass is 326 g/mol. The van der Waals surface area contributed by atoms with E-state index in [1.165, 1.54) is 0 Å². The van der Waals surface area contributed by atoms with Gasteiger partial charge in [0.15, 0.2) is 0 Å². The lowest BCUT2D eigenvalue weighted by atomic mass is 10.3. The van der Waals surface area contributed by atoms with E-state index >= 15 is 0 Å². The number of anilines is 1. The predicted molar refractivity (Wildman–Crippen MR) is 83.3 cm³/mol. The number of carbonyl (C=O) groups excluding carboxylic acids is 1. The van der Waals surface area contributed by atoms with Crippen LogP contribution in [0.3, 0.4) is 0 Å². The van der Waals surface area contributed by atoms with E-state index in [0.717, 1.165) is 5.82 Å². The Morgan fingerprint density at radius 1 is 1.27 bits per heavy atom. The molecule has 0 unspecified atom stereocenters. The highest BCUT2D eigenvalue weighted by atomic mass is 35.5. The van der Waals surface area contributed by atoms with Gasteiger partial charge in [-0.2, -0.15) is 0 Å². The Morgan fingerprint density at radius 3 is 2.59 bits per heavy atom. The van der Waals surface area contributed by atoms with E-state index in [4.69, 9.17) is 16.7 Å². The first-order valence-electron chi connectivity index (χ1n) is 7.17. The number of hydrogen-bond donors (Lipinski definition) is 2. The molecule has 2 N–H and O–H groups in total. The van der Waals surface area contributed by atoms with Crippen LogP contribution in [-0.2, 0) is 4.79 Å². The molecular weight excluding hydrogens is 308 g/mol. The summed E-state index contributed by atoms with van der Waals surface area (Å²) in [5, 5.41) is 11.9. The fraction of sp³-hybridized carbons (Fsp3) is 0.500. The second-order valence-electron chi connectivity index (χ2n) is 5.04. The van der Waals surface area contributed by atoms with E-state index in [0.29, 0.717) is 44.2 Å². The molecule has 1 saturated heterocycles. The average Bonchev–Trinajstić information content (AvgIpc) is 2.52. The third-order valence-corrected chi connectivity index (χ3v) is 3.67. The third-order valence-electron chi connectivity index (χ3n) is 3.45. The number of urea groups is 1. The van der Waals surface area contributed by atoms with E-state index in [9.17, 15) is 9.59 Å². The molecule has 2 heterocycles. The number of piperazine rings is 1. The molecule has 1 aromatic rings. The molecule has 7 nitrogen and oxygen atoms in total. The van der Waals surface area contributed by atoms with Gasteiger partial charge in [0.05, 0.1) is 5.02 Å². The number of nitrogens with one attached hydrogen (secondary N) is 1. The van der Waals surface area contributed by atoms with Crippen LogP contribution < -0.4 is 10.2 Å². The van der Waals surface area contributed by atoms with E-state index in [1.807, 2.05) is 6.07 Å². The van der Waals surface area contributed by atoms with Crippen molar-refractivity contribution in [3.8, 4) is 0 Å². The van der Waals surface area contributed by atoms with Crippen molar-refractivity contribution in [2.24, 2.45) is 0 Å². The van der Waals surface area contributed by atoms with E-state index in [2.05, 4.69) is 15.2 Å². The van der Waals surface area contributed by atoms with Crippen LogP contribution in [0, 0.1) is 0 Å². The lowest BCUT2D eigenvalue weighted by molar-refractivity contribution is -0.137. The Labute approximate surface area is 133 Å². The quantitative estimate of drug-likeness (QED) is 0.799. The zero-order chi connectivity index (χ0) is 15.9. The third kappa shape index (κ3) is 4.77. The van der Waals surface area contributed by atoms with Crippen LogP contribution in [-0.4, -0.2) is 59.7 Å². The van der Waals surface area contributed by atoms with Crippen molar-refractivity contribution >= 4 is 29.4 Å². The van der Waals surface area contributed by atoms with Crippen molar-refractivity contribution < 1.29 is 14.7 Å². The minimum absolute atomic E-state index is 0.0658. The molecule has 0 atom stereocenters. The summed E-state index contributed by atoms with van der Waals surface area (Å²) in [6.07, 6.45) is 2.12. The zero-order valence-corrected chi connectivity index (χ0v) is 12.9. The molecule has 0 aliphatic carbocycles. The van der Waals surface area contributed by atoms with Gasteiger partial charge in [0.2, 0.25) is 0 Å². The number of aromatic nitrogens is 1. The molecule has 0 saturated carbocycles. The standard InChI is InChI=1S/C14H19ClN4O3/c15-11-3-4-12(17-10-11)18-6-8-19(9-7-18)14(22)16-5-1-2-13(20)21/h3-4,10H,1-2,5-9H2,(H,16,22)(H,20,21). The minimum atomic E-state index is -0.849. The molecule has 0 bridgehead atoms. The summed E-state index contributed by atoms with van der Waals surface area (Å²) in [7, 11) is 0. The lowest BCUT2D eigenvalue weighted by Crippen LogP contribution is -2.52. The molecule has 1 aliphatic heterocycles. The first kappa shape index (κ1) is 16.4. The molecule has 2 amide bonds. The van der Waals surface area contributed by atoms with Gasteiger partial charge in [-0.25, -0.2) is 9.78 Å². The van der Waals surface area contributed by atoms with Crippen molar-refractivity contribution in [2.45, 2.75) is 12.8 Å². The number of carbonyl (C=O) groups is 2. The molecule has 2 rings (SSSR count). The van der Waals surface area contributed by atoms with Crippen molar-refractivity contribution in [3.63, 3.8) is 0 Å². The number of amides is 2. The molecule has 1 fully saturated rings. The Morgan fingerprint density at radius 2 is 2.00 bits per heavy atom. The molecule has 0 aromatic carbocycles. The summed E-state index contributed by atoms with van der Waals surface area (Å²) < 4.78 is 0. The molecular formula is C14H19ClN4O3. The smallest absolute Gasteiger partial charge is 0.317 e. The van der Waals surface area contributed by atoms with Crippen LogP contribution in [0.2, 0.25) is 5.02 Å². The maximum atomic E-state index is 11.9. The van der Waals surface area contributed by atoms with E-state index in [-0.39, 0.29) is 12.5 Å². The van der Waals surface area contributed by atoms with Crippen LogP contribution in [0.4, 0.5) is 10.6 Å². The summed E-state index contributed by atoms with van der Waals surface area (Å²) in [5.41, 5.74) is 0. The van der Waals surface area contributed by atoms with Crippen LogP contribution >= 0.6 is 11.6 Å². The molecule has 0 radical (unpaired) electrons. The SMILES string of the molecule is O=C(O)CCCNC(=O)N1CCN(c2ccc(Cl)cn2)CC1. The summed E-state index contributed by atoms with van der Waals surface area (Å²) in [6, 6.07) is 3.52. The predicted octanol–water partition coefficient (Wildman–Crippen LogP) is 1.43. The second kappa shape index (κ2) is 7.84. The first-order valence-corrected chi connectivity index (χ1v) is 7.55. The van der Waals surface area contributed by atoms with Crippen molar-refractivity contribution in [1.82, 2.24) is 15.2 Å². The average molecular weight is 327 g/mol. The second-order valence-corrected chi connectivity index (χ2v) is 5.47. The van der Waals surface area contributed by atoms with Crippen molar-refractivity contribution in [3.05, 3.63) is 23.4 Å².